The van der Waals surface area contributed by atoms with Crippen LogP contribution in [0.25, 0.3) is 0 Å². The van der Waals surface area contributed by atoms with E-state index < -0.39 is 4.92 Å². The molecular weight excluding hydrogens is 202 g/mol. The van der Waals surface area contributed by atoms with E-state index in [0.29, 0.717) is 11.3 Å². The molecular formula is C8H9N3O2S. The van der Waals surface area contributed by atoms with Crippen LogP contribution < -0.4 is 5.73 Å². The number of thioether (sulfide) groups is 1. The number of benzene rings is 1. The molecule has 5 nitrogen and oxygen atoms in total. The number of nitrogens with two attached hydrogens (primary N) is 1. The van der Waals surface area contributed by atoms with E-state index in [1.54, 1.807) is 6.26 Å². The van der Waals surface area contributed by atoms with Crippen LogP contribution in [-0.2, 0) is 0 Å². The predicted molar refractivity (Wildman–Crippen MR) is 57.9 cm³/mol. The van der Waals surface area contributed by atoms with Gasteiger partial charge in [0.05, 0.1) is 9.97 Å². The molecule has 0 unspecified atom stereocenters. The summed E-state index contributed by atoms with van der Waals surface area (Å²) >= 11 is 1.19. The van der Waals surface area contributed by atoms with Crippen LogP contribution in [-0.4, -0.2) is 16.2 Å². The topological polar surface area (TPSA) is 93.0 Å². The molecule has 1 rings (SSSR count). The molecule has 74 valence electrons. The Morgan fingerprint density at radius 3 is 2.79 bits per heavy atom. The van der Waals surface area contributed by atoms with Gasteiger partial charge in [-0.15, -0.1) is 11.8 Å². The van der Waals surface area contributed by atoms with Gasteiger partial charge in [0.2, 0.25) is 0 Å². The minimum atomic E-state index is -0.503. The van der Waals surface area contributed by atoms with Gasteiger partial charge in [-0.1, -0.05) is 0 Å². The number of nitrogen functional groups attached to an aromatic ring is 1. The number of nitrogens with zero attached hydrogens (tertiary/aromatic N) is 1. The molecule has 0 atom stereocenters. The molecule has 0 spiro atoms. The van der Waals surface area contributed by atoms with Crippen LogP contribution in [0, 0.1) is 15.5 Å². The average Bonchev–Trinajstić information content (AvgIpc) is 2.17. The van der Waals surface area contributed by atoms with Gasteiger partial charge < -0.3 is 5.73 Å². The molecule has 0 bridgehead atoms. The van der Waals surface area contributed by atoms with E-state index in [0.717, 1.165) is 0 Å². The minimum absolute atomic E-state index is 0.0481. The smallest absolute Gasteiger partial charge is 0.270 e. The second kappa shape index (κ2) is 4.10. The van der Waals surface area contributed by atoms with Crippen molar-refractivity contribution in [3.8, 4) is 0 Å². The fourth-order valence-corrected chi connectivity index (χ4v) is 1.36. The largest absolute Gasteiger partial charge is 0.398 e. The summed E-state index contributed by atoms with van der Waals surface area (Å²) in [5, 5.41) is 18.2. The highest BCUT2D eigenvalue weighted by molar-refractivity contribution is 8.13. The van der Waals surface area contributed by atoms with Crippen molar-refractivity contribution in [2.45, 2.75) is 0 Å². The van der Waals surface area contributed by atoms with Crippen LogP contribution in [0.3, 0.4) is 0 Å². The molecule has 0 amide bonds. The van der Waals surface area contributed by atoms with Crippen molar-refractivity contribution in [2.24, 2.45) is 0 Å². The molecule has 0 aromatic heterocycles. The Labute approximate surface area is 85.0 Å². The number of anilines is 1. The van der Waals surface area contributed by atoms with E-state index in [1.165, 1.54) is 30.0 Å². The number of non-ortho nitro benzene ring substituents is 1. The molecule has 0 heterocycles. The Bertz CT molecular complexity index is 392. The summed E-state index contributed by atoms with van der Waals surface area (Å²) in [4.78, 5) is 9.96. The Morgan fingerprint density at radius 1 is 1.64 bits per heavy atom. The summed E-state index contributed by atoms with van der Waals surface area (Å²) in [5.41, 5.74) is 6.33. The summed E-state index contributed by atoms with van der Waals surface area (Å²) < 4.78 is 0. The highest BCUT2D eigenvalue weighted by atomic mass is 32.2. The number of nitro groups is 1. The zero-order valence-electron chi connectivity index (χ0n) is 7.48. The lowest BCUT2D eigenvalue weighted by Gasteiger charge is -2.03. The summed E-state index contributed by atoms with van der Waals surface area (Å²) in [6.45, 7) is 0. The van der Waals surface area contributed by atoms with Crippen molar-refractivity contribution < 1.29 is 4.92 Å². The summed E-state index contributed by atoms with van der Waals surface area (Å²) in [7, 11) is 0. The molecule has 0 saturated carbocycles. The monoisotopic (exact) mass is 211 g/mol. The molecule has 0 fully saturated rings. The highest BCUT2D eigenvalue weighted by Gasteiger charge is 2.11. The SMILES string of the molecule is CSC(=N)c1cc([N+](=O)[O-])ccc1N. The third-order valence-electron chi connectivity index (χ3n) is 1.70. The standard InChI is InChI=1S/C8H9N3O2S/c1-14-8(10)6-4-5(11(12)13)2-3-7(6)9/h2-4,10H,9H2,1H3. The van der Waals surface area contributed by atoms with Crippen LogP contribution in [0.1, 0.15) is 5.56 Å². The number of nitro benzene ring substituents is 1. The maximum atomic E-state index is 10.5. The maximum Gasteiger partial charge on any atom is 0.270 e. The number of nitrogens with one attached hydrogen (secondary N) is 1. The van der Waals surface area contributed by atoms with Crippen molar-refractivity contribution >= 4 is 28.2 Å². The molecule has 3 N–H and O–H groups in total. The van der Waals surface area contributed by atoms with Gasteiger partial charge in [0.25, 0.3) is 5.69 Å². The van der Waals surface area contributed by atoms with E-state index >= 15 is 0 Å². The normalized spacial score (nSPS) is 9.79. The molecule has 0 saturated heterocycles. The molecule has 14 heavy (non-hydrogen) atoms. The van der Waals surface area contributed by atoms with E-state index in [2.05, 4.69) is 0 Å². The Hall–Kier alpha value is -1.56. The van der Waals surface area contributed by atoms with Crippen LogP contribution in [0.2, 0.25) is 0 Å². The zero-order valence-corrected chi connectivity index (χ0v) is 8.30. The quantitative estimate of drug-likeness (QED) is 0.257. The van der Waals surface area contributed by atoms with Crippen LogP contribution in [0.5, 0.6) is 0 Å². The molecule has 0 aliphatic carbocycles. The first-order valence-corrected chi connectivity index (χ1v) is 4.95. The van der Waals surface area contributed by atoms with Crippen LogP contribution in [0.4, 0.5) is 11.4 Å². The van der Waals surface area contributed by atoms with Crippen LogP contribution in [0.15, 0.2) is 18.2 Å². The molecule has 0 aliphatic rings. The first kappa shape index (κ1) is 10.5. The maximum absolute atomic E-state index is 10.5. The zero-order chi connectivity index (χ0) is 10.7. The van der Waals surface area contributed by atoms with E-state index in [9.17, 15) is 10.1 Å². The fourth-order valence-electron chi connectivity index (χ4n) is 0.964. The molecule has 0 aliphatic heterocycles. The third kappa shape index (κ3) is 2.02. The second-order valence-electron chi connectivity index (χ2n) is 2.56. The molecule has 1 aromatic carbocycles. The number of hydrogen-bond donors (Lipinski definition) is 2. The Morgan fingerprint density at radius 2 is 2.29 bits per heavy atom. The third-order valence-corrected chi connectivity index (χ3v) is 2.32. The molecule has 1 aromatic rings. The van der Waals surface area contributed by atoms with Crippen molar-refractivity contribution in [1.29, 1.82) is 5.41 Å². The van der Waals surface area contributed by atoms with Gasteiger partial charge in [0.15, 0.2) is 0 Å². The van der Waals surface area contributed by atoms with E-state index in [4.69, 9.17) is 11.1 Å². The van der Waals surface area contributed by atoms with Crippen molar-refractivity contribution in [1.82, 2.24) is 0 Å². The Balaban J connectivity index is 3.21. The van der Waals surface area contributed by atoms with Crippen LogP contribution >= 0.6 is 11.8 Å². The number of rotatable bonds is 2. The lowest BCUT2D eigenvalue weighted by Crippen LogP contribution is -2.01. The Kier molecular flexibility index (Phi) is 3.08. The average molecular weight is 211 g/mol. The second-order valence-corrected chi connectivity index (χ2v) is 3.38. The number of hydrogen-bond acceptors (Lipinski definition) is 5. The first-order valence-electron chi connectivity index (χ1n) is 3.73. The highest BCUT2D eigenvalue weighted by Crippen LogP contribution is 2.22. The minimum Gasteiger partial charge on any atom is -0.398 e. The van der Waals surface area contributed by atoms with E-state index in [-0.39, 0.29) is 10.7 Å². The van der Waals surface area contributed by atoms with Gasteiger partial charge in [0.1, 0.15) is 0 Å². The van der Waals surface area contributed by atoms with Gasteiger partial charge in [-0.25, -0.2) is 0 Å². The van der Waals surface area contributed by atoms with E-state index in [1.807, 2.05) is 0 Å². The van der Waals surface area contributed by atoms with Gasteiger partial charge in [0, 0.05) is 23.4 Å². The summed E-state index contributed by atoms with van der Waals surface area (Å²) in [6.07, 6.45) is 1.72. The first-order chi connectivity index (χ1) is 6.56. The van der Waals surface area contributed by atoms with Gasteiger partial charge in [-0.3, -0.25) is 15.5 Å². The van der Waals surface area contributed by atoms with Crippen molar-refractivity contribution in [3.05, 3.63) is 33.9 Å². The summed E-state index contributed by atoms with van der Waals surface area (Å²) in [6, 6.07) is 4.08. The summed E-state index contributed by atoms with van der Waals surface area (Å²) in [5.74, 6) is 0. The van der Waals surface area contributed by atoms with Crippen molar-refractivity contribution in [3.63, 3.8) is 0 Å². The van der Waals surface area contributed by atoms with Gasteiger partial charge in [-0.05, 0) is 12.3 Å². The molecule has 0 radical (unpaired) electrons. The predicted octanol–water partition coefficient (Wildman–Crippen LogP) is 1.87. The lowest BCUT2D eigenvalue weighted by atomic mass is 10.2. The van der Waals surface area contributed by atoms with Crippen molar-refractivity contribution in [2.75, 3.05) is 12.0 Å². The van der Waals surface area contributed by atoms with Gasteiger partial charge in [-0.2, -0.15) is 0 Å². The lowest BCUT2D eigenvalue weighted by molar-refractivity contribution is -0.384. The fraction of sp³-hybridized carbons (Fsp3) is 0.125. The van der Waals surface area contributed by atoms with Gasteiger partial charge >= 0.3 is 0 Å². The molecule has 6 heteroatoms.